The summed E-state index contributed by atoms with van der Waals surface area (Å²) in [5.41, 5.74) is 1.06. The summed E-state index contributed by atoms with van der Waals surface area (Å²) in [6.07, 6.45) is 4.44. The average Bonchev–Trinajstić information content (AvgIpc) is 2.58. The Balaban J connectivity index is 1.88. The molecule has 1 aromatic heterocycles. The van der Waals surface area contributed by atoms with E-state index >= 15 is 0 Å². The van der Waals surface area contributed by atoms with Gasteiger partial charge in [-0.3, -0.25) is 9.59 Å². The van der Waals surface area contributed by atoms with Gasteiger partial charge in [-0.25, -0.2) is 4.39 Å². The van der Waals surface area contributed by atoms with Crippen molar-refractivity contribution in [1.82, 2.24) is 10.3 Å². The van der Waals surface area contributed by atoms with E-state index in [1.807, 2.05) is 13.8 Å². The van der Waals surface area contributed by atoms with Gasteiger partial charge in [-0.1, -0.05) is 26.0 Å². The Morgan fingerprint density at radius 2 is 2.04 bits per heavy atom. The standard InChI is InChI=1S/C19H21FN2O3/c1-13(2)12-25-18-11-21-16(9-17(18)23)10-22-19(24)8-5-14-3-6-15(20)7-4-14/h3-9,11,13H,10,12H2,1-2H3,(H,21,23)(H,22,24)/b8-5+. The van der Waals surface area contributed by atoms with E-state index in [1.165, 1.54) is 30.5 Å². The summed E-state index contributed by atoms with van der Waals surface area (Å²) in [6.45, 7) is 4.65. The minimum atomic E-state index is -0.327. The zero-order chi connectivity index (χ0) is 18.2. The number of carbonyl (C=O) groups is 1. The fourth-order valence-electron chi connectivity index (χ4n) is 1.96. The van der Waals surface area contributed by atoms with Crippen molar-refractivity contribution in [1.29, 1.82) is 0 Å². The van der Waals surface area contributed by atoms with Crippen molar-refractivity contribution < 1.29 is 13.9 Å². The summed E-state index contributed by atoms with van der Waals surface area (Å²) >= 11 is 0. The molecule has 6 heteroatoms. The third kappa shape index (κ3) is 6.25. The van der Waals surface area contributed by atoms with Crippen LogP contribution in [0, 0.1) is 11.7 Å². The number of hydrogen-bond acceptors (Lipinski definition) is 3. The minimum absolute atomic E-state index is 0.187. The Kier molecular flexibility index (Phi) is 6.51. The quantitative estimate of drug-likeness (QED) is 0.759. The van der Waals surface area contributed by atoms with Gasteiger partial charge in [0.2, 0.25) is 11.3 Å². The van der Waals surface area contributed by atoms with Gasteiger partial charge in [0, 0.05) is 24.0 Å². The molecule has 2 aromatic rings. The van der Waals surface area contributed by atoms with Crippen molar-refractivity contribution >= 4 is 12.0 Å². The summed E-state index contributed by atoms with van der Waals surface area (Å²) in [7, 11) is 0. The van der Waals surface area contributed by atoms with Crippen molar-refractivity contribution in [3.05, 3.63) is 69.9 Å². The van der Waals surface area contributed by atoms with Crippen LogP contribution in [0.5, 0.6) is 5.75 Å². The number of aromatic nitrogens is 1. The van der Waals surface area contributed by atoms with Crippen molar-refractivity contribution in [3.8, 4) is 5.75 Å². The van der Waals surface area contributed by atoms with Crippen LogP contribution in [0.2, 0.25) is 0 Å². The van der Waals surface area contributed by atoms with Crippen molar-refractivity contribution in [2.24, 2.45) is 5.92 Å². The van der Waals surface area contributed by atoms with Crippen LogP contribution in [0.25, 0.3) is 6.08 Å². The van der Waals surface area contributed by atoms with Crippen LogP contribution in [-0.4, -0.2) is 17.5 Å². The number of H-pyrrole nitrogens is 1. The van der Waals surface area contributed by atoms with Gasteiger partial charge in [0.15, 0.2) is 5.75 Å². The van der Waals surface area contributed by atoms with Crippen LogP contribution in [0.15, 0.2) is 47.4 Å². The maximum absolute atomic E-state index is 12.8. The van der Waals surface area contributed by atoms with Gasteiger partial charge in [0.1, 0.15) is 5.82 Å². The lowest BCUT2D eigenvalue weighted by Gasteiger charge is -2.08. The summed E-state index contributed by atoms with van der Waals surface area (Å²) in [6, 6.07) is 7.20. The third-order valence-corrected chi connectivity index (χ3v) is 3.26. The molecule has 0 atom stereocenters. The minimum Gasteiger partial charge on any atom is -0.488 e. The van der Waals surface area contributed by atoms with Crippen LogP contribution < -0.4 is 15.5 Å². The van der Waals surface area contributed by atoms with E-state index in [4.69, 9.17) is 4.74 Å². The molecular formula is C19H21FN2O3. The molecule has 0 saturated heterocycles. The highest BCUT2D eigenvalue weighted by Gasteiger charge is 2.04. The monoisotopic (exact) mass is 344 g/mol. The molecule has 2 N–H and O–H groups in total. The fourth-order valence-corrected chi connectivity index (χ4v) is 1.96. The van der Waals surface area contributed by atoms with Crippen LogP contribution in [0.4, 0.5) is 4.39 Å². The second-order valence-electron chi connectivity index (χ2n) is 5.99. The largest absolute Gasteiger partial charge is 0.488 e. The zero-order valence-electron chi connectivity index (χ0n) is 14.2. The molecular weight excluding hydrogens is 323 g/mol. The molecule has 0 unspecified atom stereocenters. The number of aromatic amines is 1. The molecule has 1 heterocycles. The molecule has 0 radical (unpaired) electrons. The second-order valence-corrected chi connectivity index (χ2v) is 5.99. The first-order chi connectivity index (χ1) is 11.9. The molecule has 0 bridgehead atoms. The van der Waals surface area contributed by atoms with Gasteiger partial charge in [0.25, 0.3) is 0 Å². The fraction of sp³-hybridized carbons (Fsp3) is 0.263. The van der Waals surface area contributed by atoms with Gasteiger partial charge in [0.05, 0.1) is 13.2 Å². The number of halogens is 1. The molecule has 0 aliphatic heterocycles. The van der Waals surface area contributed by atoms with Gasteiger partial charge in [-0.2, -0.15) is 0 Å². The highest BCUT2D eigenvalue weighted by Crippen LogP contribution is 2.06. The van der Waals surface area contributed by atoms with Gasteiger partial charge in [-0.05, 0) is 29.7 Å². The molecule has 25 heavy (non-hydrogen) atoms. The first kappa shape index (κ1) is 18.4. The van der Waals surface area contributed by atoms with E-state index in [0.29, 0.717) is 18.2 Å². The summed E-state index contributed by atoms with van der Waals surface area (Å²) in [5, 5.41) is 2.67. The third-order valence-electron chi connectivity index (χ3n) is 3.26. The molecule has 1 amide bonds. The Hall–Kier alpha value is -2.89. The van der Waals surface area contributed by atoms with E-state index < -0.39 is 0 Å². The SMILES string of the molecule is CC(C)COc1c[nH]c(CNC(=O)/C=C/c2ccc(F)cc2)cc1=O. The highest BCUT2D eigenvalue weighted by molar-refractivity contribution is 5.91. The van der Waals surface area contributed by atoms with Crippen molar-refractivity contribution in [2.75, 3.05) is 6.61 Å². The van der Waals surface area contributed by atoms with Gasteiger partial charge < -0.3 is 15.0 Å². The summed E-state index contributed by atoms with van der Waals surface area (Å²) in [5.74, 6) is -0.0528. The number of rotatable bonds is 7. The van der Waals surface area contributed by atoms with Crippen LogP contribution in [-0.2, 0) is 11.3 Å². The van der Waals surface area contributed by atoms with Crippen LogP contribution >= 0.6 is 0 Å². The number of nitrogens with one attached hydrogen (secondary N) is 2. The molecule has 1 aromatic carbocycles. The van der Waals surface area contributed by atoms with E-state index in [1.54, 1.807) is 18.2 Å². The zero-order valence-corrected chi connectivity index (χ0v) is 14.2. The number of carbonyl (C=O) groups excluding carboxylic acids is 1. The maximum Gasteiger partial charge on any atom is 0.244 e. The number of ether oxygens (including phenoxy) is 1. The predicted molar refractivity (Wildman–Crippen MR) is 94.7 cm³/mol. The first-order valence-electron chi connectivity index (χ1n) is 8.00. The van der Waals surface area contributed by atoms with E-state index in [-0.39, 0.29) is 29.4 Å². The Morgan fingerprint density at radius 3 is 2.68 bits per heavy atom. The lowest BCUT2D eigenvalue weighted by atomic mass is 10.2. The van der Waals surface area contributed by atoms with E-state index in [2.05, 4.69) is 10.3 Å². The maximum atomic E-state index is 12.8. The number of benzene rings is 1. The Bertz CT molecular complexity index is 795. The smallest absolute Gasteiger partial charge is 0.244 e. The molecule has 0 aliphatic rings. The molecule has 0 spiro atoms. The normalized spacial score (nSPS) is 11.0. The number of hydrogen-bond donors (Lipinski definition) is 2. The lowest BCUT2D eigenvalue weighted by Crippen LogP contribution is -2.22. The highest BCUT2D eigenvalue weighted by atomic mass is 19.1. The number of pyridine rings is 1. The lowest BCUT2D eigenvalue weighted by molar-refractivity contribution is -0.116. The van der Waals surface area contributed by atoms with Crippen LogP contribution in [0.1, 0.15) is 25.1 Å². The first-order valence-corrected chi connectivity index (χ1v) is 8.00. The molecule has 2 rings (SSSR count). The second kappa shape index (κ2) is 8.82. The molecule has 0 aliphatic carbocycles. The number of amides is 1. The Morgan fingerprint density at radius 1 is 1.32 bits per heavy atom. The molecule has 0 fully saturated rings. The Labute approximate surface area is 145 Å². The topological polar surface area (TPSA) is 71.2 Å². The average molecular weight is 344 g/mol. The summed E-state index contributed by atoms with van der Waals surface area (Å²) in [4.78, 5) is 26.7. The van der Waals surface area contributed by atoms with Gasteiger partial charge in [-0.15, -0.1) is 0 Å². The molecule has 132 valence electrons. The van der Waals surface area contributed by atoms with Crippen LogP contribution in [0.3, 0.4) is 0 Å². The predicted octanol–water partition coefficient (Wildman–Crippen LogP) is 2.88. The summed E-state index contributed by atoms with van der Waals surface area (Å²) < 4.78 is 18.2. The van der Waals surface area contributed by atoms with E-state index in [9.17, 15) is 14.0 Å². The molecule has 5 nitrogen and oxygen atoms in total. The van der Waals surface area contributed by atoms with Gasteiger partial charge >= 0.3 is 0 Å². The molecule has 0 saturated carbocycles. The van der Waals surface area contributed by atoms with Crippen molar-refractivity contribution in [3.63, 3.8) is 0 Å². The van der Waals surface area contributed by atoms with Crippen molar-refractivity contribution in [2.45, 2.75) is 20.4 Å². The van der Waals surface area contributed by atoms with E-state index in [0.717, 1.165) is 5.56 Å².